The minimum atomic E-state index is -1.14. The molecule has 0 aliphatic heterocycles. The summed E-state index contributed by atoms with van der Waals surface area (Å²) >= 11 is 3.22. The smallest absolute Gasteiger partial charge is 0.337 e. The number of aromatic nitrogens is 1. The maximum atomic E-state index is 12.1. The zero-order valence-electron chi connectivity index (χ0n) is 10.9. The Bertz CT molecular complexity index is 736. The van der Waals surface area contributed by atoms with E-state index in [4.69, 9.17) is 5.11 Å². The average Bonchev–Trinajstić information content (AvgIpc) is 2.88. The summed E-state index contributed by atoms with van der Waals surface area (Å²) in [6, 6.07) is 5.87. The van der Waals surface area contributed by atoms with Crippen LogP contribution < -0.4 is 5.32 Å². The van der Waals surface area contributed by atoms with Gasteiger partial charge in [-0.2, -0.15) is 0 Å². The fourth-order valence-corrected chi connectivity index (χ4v) is 2.09. The molecule has 0 spiro atoms. The van der Waals surface area contributed by atoms with Gasteiger partial charge in [-0.05, 0) is 31.2 Å². The third kappa shape index (κ3) is 3.38. The van der Waals surface area contributed by atoms with Crippen molar-refractivity contribution in [2.24, 2.45) is 0 Å². The maximum absolute atomic E-state index is 12.1. The Morgan fingerprint density at radius 2 is 1.95 bits per heavy atom. The van der Waals surface area contributed by atoms with E-state index in [-0.39, 0.29) is 22.7 Å². The first-order valence-electron chi connectivity index (χ1n) is 5.92. The van der Waals surface area contributed by atoms with Crippen LogP contribution >= 0.6 is 15.9 Å². The molecule has 2 rings (SSSR count). The maximum Gasteiger partial charge on any atom is 0.337 e. The van der Waals surface area contributed by atoms with Gasteiger partial charge in [-0.25, -0.2) is 4.79 Å². The summed E-state index contributed by atoms with van der Waals surface area (Å²) in [5, 5.41) is 11.6. The number of Topliss-reactive ketones (excluding diaryl/α,β-unsaturated/α-hetero) is 1. The number of carboxylic acid groups (broad SMARTS) is 1. The van der Waals surface area contributed by atoms with Crippen molar-refractivity contribution in [1.29, 1.82) is 0 Å². The molecule has 0 aliphatic rings. The summed E-state index contributed by atoms with van der Waals surface area (Å²) in [4.78, 5) is 37.1. The van der Waals surface area contributed by atoms with Gasteiger partial charge in [-0.1, -0.05) is 15.9 Å². The molecular formula is C14H11BrN2O4. The van der Waals surface area contributed by atoms with Crippen LogP contribution in [-0.2, 0) is 0 Å². The van der Waals surface area contributed by atoms with E-state index in [0.29, 0.717) is 10.0 Å². The zero-order valence-corrected chi connectivity index (χ0v) is 12.5. The summed E-state index contributed by atoms with van der Waals surface area (Å²) in [6.45, 7) is 1.39. The lowest BCUT2D eigenvalue weighted by Gasteiger charge is -2.08. The van der Waals surface area contributed by atoms with E-state index in [1.807, 2.05) is 0 Å². The third-order valence-corrected chi connectivity index (χ3v) is 3.29. The van der Waals surface area contributed by atoms with Crippen LogP contribution in [0.1, 0.15) is 38.1 Å². The number of hydrogen-bond acceptors (Lipinski definition) is 3. The van der Waals surface area contributed by atoms with Gasteiger partial charge in [0.15, 0.2) is 5.78 Å². The first kappa shape index (κ1) is 15.0. The molecule has 108 valence electrons. The number of carbonyl (C=O) groups excluding carboxylic acids is 2. The predicted molar refractivity (Wildman–Crippen MR) is 79.9 cm³/mol. The summed E-state index contributed by atoms with van der Waals surface area (Å²) in [6.07, 6.45) is 1.43. The lowest BCUT2D eigenvalue weighted by molar-refractivity contribution is 0.0697. The standard InChI is InChI=1S/C14H11BrN2O4/c1-7(18)8-4-12(16-6-8)13(19)17-11-5-9(15)2-3-10(11)14(20)21/h2-6,16H,1H3,(H,17,19)(H,20,21). The molecular weight excluding hydrogens is 340 g/mol. The Hall–Kier alpha value is -2.41. The van der Waals surface area contributed by atoms with Gasteiger partial charge in [0.1, 0.15) is 5.69 Å². The van der Waals surface area contributed by atoms with Gasteiger partial charge < -0.3 is 15.4 Å². The van der Waals surface area contributed by atoms with Crippen molar-refractivity contribution in [3.63, 3.8) is 0 Å². The van der Waals surface area contributed by atoms with Crippen LogP contribution in [0.4, 0.5) is 5.69 Å². The number of amides is 1. The molecule has 1 heterocycles. The zero-order chi connectivity index (χ0) is 15.6. The molecule has 0 unspecified atom stereocenters. The van der Waals surface area contributed by atoms with E-state index in [1.165, 1.54) is 31.3 Å². The molecule has 6 nitrogen and oxygen atoms in total. The van der Waals surface area contributed by atoms with Gasteiger partial charge in [0, 0.05) is 16.2 Å². The molecule has 21 heavy (non-hydrogen) atoms. The number of aromatic carboxylic acids is 1. The highest BCUT2D eigenvalue weighted by atomic mass is 79.9. The summed E-state index contributed by atoms with van der Waals surface area (Å²) in [5.74, 6) is -1.84. The van der Waals surface area contributed by atoms with Crippen LogP contribution in [0.2, 0.25) is 0 Å². The van der Waals surface area contributed by atoms with Gasteiger partial charge in [-0.3, -0.25) is 9.59 Å². The first-order chi connectivity index (χ1) is 9.88. The number of H-pyrrole nitrogens is 1. The number of anilines is 1. The largest absolute Gasteiger partial charge is 0.478 e. The molecule has 0 radical (unpaired) electrons. The van der Waals surface area contributed by atoms with Gasteiger partial charge in [0.05, 0.1) is 11.3 Å². The van der Waals surface area contributed by atoms with E-state index in [9.17, 15) is 14.4 Å². The summed E-state index contributed by atoms with van der Waals surface area (Å²) in [5.41, 5.74) is 0.704. The van der Waals surface area contributed by atoms with E-state index < -0.39 is 11.9 Å². The fourth-order valence-electron chi connectivity index (χ4n) is 1.72. The minimum Gasteiger partial charge on any atom is -0.478 e. The highest BCUT2D eigenvalue weighted by Crippen LogP contribution is 2.22. The molecule has 1 amide bonds. The summed E-state index contributed by atoms with van der Waals surface area (Å²) in [7, 11) is 0. The molecule has 0 fully saturated rings. The van der Waals surface area contributed by atoms with Gasteiger partial charge in [-0.15, -0.1) is 0 Å². The Morgan fingerprint density at radius 3 is 2.52 bits per heavy atom. The number of rotatable bonds is 4. The molecule has 0 saturated heterocycles. The van der Waals surface area contributed by atoms with Crippen molar-refractivity contribution in [3.05, 3.63) is 51.8 Å². The van der Waals surface area contributed by atoms with E-state index in [0.717, 1.165) is 0 Å². The number of ketones is 1. The molecule has 1 aromatic heterocycles. The third-order valence-electron chi connectivity index (χ3n) is 2.79. The van der Waals surface area contributed by atoms with Crippen LogP contribution in [0, 0.1) is 0 Å². The summed E-state index contributed by atoms with van der Waals surface area (Å²) < 4.78 is 0.638. The fraction of sp³-hybridized carbons (Fsp3) is 0.0714. The number of carboxylic acids is 1. The Balaban J connectivity index is 2.28. The number of carbonyl (C=O) groups is 3. The molecule has 3 N–H and O–H groups in total. The number of hydrogen-bond donors (Lipinski definition) is 3. The molecule has 1 aromatic carbocycles. The van der Waals surface area contributed by atoms with Crippen molar-refractivity contribution >= 4 is 39.3 Å². The Morgan fingerprint density at radius 1 is 1.24 bits per heavy atom. The monoisotopic (exact) mass is 350 g/mol. The topological polar surface area (TPSA) is 99.3 Å². The Labute approximate surface area is 128 Å². The van der Waals surface area contributed by atoms with Gasteiger partial charge >= 0.3 is 5.97 Å². The lowest BCUT2D eigenvalue weighted by Crippen LogP contribution is -2.15. The SMILES string of the molecule is CC(=O)c1c[nH]c(C(=O)Nc2cc(Br)ccc2C(=O)O)c1. The highest BCUT2D eigenvalue weighted by Gasteiger charge is 2.15. The van der Waals surface area contributed by atoms with Crippen molar-refractivity contribution in [2.45, 2.75) is 6.92 Å². The van der Waals surface area contributed by atoms with E-state index >= 15 is 0 Å². The van der Waals surface area contributed by atoms with Crippen LogP contribution in [-0.4, -0.2) is 27.8 Å². The predicted octanol–water partition coefficient (Wildman–Crippen LogP) is 2.93. The second-order valence-electron chi connectivity index (χ2n) is 4.31. The van der Waals surface area contributed by atoms with E-state index in [2.05, 4.69) is 26.2 Å². The normalized spacial score (nSPS) is 10.2. The Kier molecular flexibility index (Phi) is 4.23. The van der Waals surface area contributed by atoms with Crippen LogP contribution in [0.15, 0.2) is 34.9 Å². The van der Waals surface area contributed by atoms with Gasteiger partial charge in [0.25, 0.3) is 5.91 Å². The van der Waals surface area contributed by atoms with Crippen LogP contribution in [0.5, 0.6) is 0 Å². The lowest BCUT2D eigenvalue weighted by atomic mass is 10.1. The van der Waals surface area contributed by atoms with Crippen molar-refractivity contribution in [3.8, 4) is 0 Å². The highest BCUT2D eigenvalue weighted by molar-refractivity contribution is 9.10. The number of benzene rings is 1. The molecule has 0 saturated carbocycles. The molecule has 0 bridgehead atoms. The van der Waals surface area contributed by atoms with Crippen LogP contribution in [0.25, 0.3) is 0 Å². The second-order valence-corrected chi connectivity index (χ2v) is 5.22. The molecule has 0 aliphatic carbocycles. The average molecular weight is 351 g/mol. The number of halogens is 1. The molecule has 2 aromatic rings. The second kappa shape index (κ2) is 5.92. The van der Waals surface area contributed by atoms with E-state index in [1.54, 1.807) is 6.07 Å². The van der Waals surface area contributed by atoms with Crippen LogP contribution in [0.3, 0.4) is 0 Å². The van der Waals surface area contributed by atoms with Crippen molar-refractivity contribution < 1.29 is 19.5 Å². The first-order valence-corrected chi connectivity index (χ1v) is 6.71. The molecule has 7 heteroatoms. The number of nitrogens with one attached hydrogen (secondary N) is 2. The number of aromatic amines is 1. The minimum absolute atomic E-state index is 0.0232. The van der Waals surface area contributed by atoms with Gasteiger partial charge in [0.2, 0.25) is 0 Å². The quantitative estimate of drug-likeness (QED) is 0.738. The molecule has 0 atom stereocenters. The van der Waals surface area contributed by atoms with Crippen molar-refractivity contribution in [2.75, 3.05) is 5.32 Å². The van der Waals surface area contributed by atoms with Crippen molar-refractivity contribution in [1.82, 2.24) is 4.98 Å².